The van der Waals surface area contributed by atoms with E-state index in [4.69, 9.17) is 11.5 Å². The first-order valence-electron chi connectivity index (χ1n) is 7.54. The van der Waals surface area contributed by atoms with Crippen LogP contribution in [0.3, 0.4) is 0 Å². The van der Waals surface area contributed by atoms with Gasteiger partial charge in [-0.25, -0.2) is 9.97 Å². The van der Waals surface area contributed by atoms with Crippen LogP contribution in [-0.2, 0) is 12.8 Å². The zero-order valence-corrected chi connectivity index (χ0v) is 14.3. The minimum absolute atomic E-state index is 0.671. The van der Waals surface area contributed by atoms with Crippen LogP contribution in [0.25, 0.3) is 11.4 Å². The normalized spacial score (nSPS) is 11.2. The molecule has 0 bridgehead atoms. The molecule has 0 saturated heterocycles. The Kier molecular flexibility index (Phi) is 7.92. The van der Waals surface area contributed by atoms with Crippen LogP contribution in [0.4, 0.5) is 0 Å². The minimum Gasteiger partial charge on any atom is -0.329 e. The summed E-state index contributed by atoms with van der Waals surface area (Å²) in [6, 6.07) is 0. The molecule has 0 spiro atoms. The standard InChI is InChI=1S/C14H24N6S2/c15-3-7-17-5-1-13-19-11(9-21-13)12-10-22-14(20-12)2-6-18-8-4-16/h9-10,17-18H,1-8,15-16H2. The molecular formula is C14H24N6S2. The summed E-state index contributed by atoms with van der Waals surface area (Å²) < 4.78 is 0. The summed E-state index contributed by atoms with van der Waals surface area (Å²) in [4.78, 5) is 9.32. The van der Waals surface area contributed by atoms with E-state index in [1.807, 2.05) is 0 Å². The molecule has 122 valence electrons. The van der Waals surface area contributed by atoms with Crippen molar-refractivity contribution in [3.63, 3.8) is 0 Å². The van der Waals surface area contributed by atoms with Crippen molar-refractivity contribution >= 4 is 22.7 Å². The van der Waals surface area contributed by atoms with Crippen molar-refractivity contribution in [2.75, 3.05) is 39.3 Å². The molecule has 0 unspecified atom stereocenters. The van der Waals surface area contributed by atoms with E-state index in [1.165, 1.54) is 0 Å². The highest BCUT2D eigenvalue weighted by atomic mass is 32.1. The summed E-state index contributed by atoms with van der Waals surface area (Å²) in [7, 11) is 0. The number of nitrogens with zero attached hydrogens (tertiary/aromatic N) is 2. The van der Waals surface area contributed by atoms with Crippen LogP contribution in [0.2, 0.25) is 0 Å². The number of hydrogen-bond donors (Lipinski definition) is 4. The lowest BCUT2D eigenvalue weighted by molar-refractivity contribution is 0.687. The second kappa shape index (κ2) is 9.98. The molecule has 0 amide bonds. The predicted octanol–water partition coefficient (Wildman–Crippen LogP) is 0.448. The molecule has 22 heavy (non-hydrogen) atoms. The van der Waals surface area contributed by atoms with Crippen molar-refractivity contribution in [3.05, 3.63) is 20.8 Å². The van der Waals surface area contributed by atoms with Crippen LogP contribution in [-0.4, -0.2) is 49.2 Å². The predicted molar refractivity (Wildman–Crippen MR) is 94.5 cm³/mol. The van der Waals surface area contributed by atoms with E-state index in [2.05, 4.69) is 31.4 Å². The highest BCUT2D eigenvalue weighted by Gasteiger charge is 2.08. The first-order chi connectivity index (χ1) is 10.8. The number of thiazole rings is 2. The molecule has 6 N–H and O–H groups in total. The maximum absolute atomic E-state index is 5.45. The summed E-state index contributed by atoms with van der Waals surface area (Å²) >= 11 is 3.38. The Bertz CT molecular complexity index is 491. The lowest BCUT2D eigenvalue weighted by Gasteiger charge is -1.99. The number of hydrogen-bond acceptors (Lipinski definition) is 8. The first kappa shape index (κ1) is 17.5. The maximum Gasteiger partial charge on any atom is 0.101 e. The molecule has 0 atom stereocenters. The largest absolute Gasteiger partial charge is 0.329 e. The fourth-order valence-corrected chi connectivity index (χ4v) is 3.52. The van der Waals surface area contributed by atoms with Crippen molar-refractivity contribution in [1.29, 1.82) is 0 Å². The Balaban J connectivity index is 1.81. The topological polar surface area (TPSA) is 102 Å². The van der Waals surface area contributed by atoms with Gasteiger partial charge in [-0.05, 0) is 0 Å². The third-order valence-electron chi connectivity index (χ3n) is 3.04. The fraction of sp³-hybridized carbons (Fsp3) is 0.571. The molecule has 0 aromatic carbocycles. The van der Waals surface area contributed by atoms with E-state index in [9.17, 15) is 0 Å². The van der Waals surface area contributed by atoms with Gasteiger partial charge in [0.25, 0.3) is 0 Å². The molecule has 2 rings (SSSR count). The van der Waals surface area contributed by atoms with Crippen LogP contribution >= 0.6 is 22.7 Å². The lowest BCUT2D eigenvalue weighted by atomic mass is 10.3. The van der Waals surface area contributed by atoms with E-state index in [1.54, 1.807) is 22.7 Å². The summed E-state index contributed by atoms with van der Waals surface area (Å²) in [5.41, 5.74) is 12.9. The lowest BCUT2D eigenvalue weighted by Crippen LogP contribution is -2.24. The molecule has 0 fully saturated rings. The van der Waals surface area contributed by atoms with Crippen LogP contribution in [0.5, 0.6) is 0 Å². The molecule has 0 aliphatic heterocycles. The summed E-state index contributed by atoms with van der Waals surface area (Å²) in [5, 5.41) is 13.0. The maximum atomic E-state index is 5.45. The van der Waals surface area contributed by atoms with E-state index in [0.29, 0.717) is 13.1 Å². The molecule has 8 heteroatoms. The molecule has 0 aliphatic rings. The third kappa shape index (κ3) is 5.71. The Morgan fingerprint density at radius 1 is 0.773 bits per heavy atom. The Labute approximate surface area is 139 Å². The molecule has 0 aliphatic carbocycles. The highest BCUT2D eigenvalue weighted by molar-refractivity contribution is 7.10. The zero-order chi connectivity index (χ0) is 15.6. The van der Waals surface area contributed by atoms with Gasteiger partial charge >= 0.3 is 0 Å². The Morgan fingerprint density at radius 2 is 1.23 bits per heavy atom. The SMILES string of the molecule is NCCNCCc1nc(-c2csc(CCNCCN)n2)cs1. The molecular weight excluding hydrogens is 316 g/mol. The van der Waals surface area contributed by atoms with Gasteiger partial charge in [0, 0.05) is 62.9 Å². The highest BCUT2D eigenvalue weighted by Crippen LogP contribution is 2.24. The van der Waals surface area contributed by atoms with Crippen molar-refractivity contribution in [2.45, 2.75) is 12.8 Å². The molecule has 0 saturated carbocycles. The van der Waals surface area contributed by atoms with Crippen molar-refractivity contribution in [2.24, 2.45) is 11.5 Å². The second-order valence-electron chi connectivity index (χ2n) is 4.83. The van der Waals surface area contributed by atoms with Crippen molar-refractivity contribution < 1.29 is 0 Å². The second-order valence-corrected chi connectivity index (χ2v) is 6.72. The van der Waals surface area contributed by atoms with Gasteiger partial charge < -0.3 is 22.1 Å². The number of nitrogens with two attached hydrogens (primary N) is 2. The molecule has 6 nitrogen and oxygen atoms in total. The zero-order valence-electron chi connectivity index (χ0n) is 12.7. The van der Waals surface area contributed by atoms with Crippen LogP contribution in [0.1, 0.15) is 10.0 Å². The van der Waals surface area contributed by atoms with Gasteiger partial charge in [0.15, 0.2) is 0 Å². The molecule has 2 heterocycles. The van der Waals surface area contributed by atoms with Crippen LogP contribution in [0, 0.1) is 0 Å². The smallest absolute Gasteiger partial charge is 0.101 e. The van der Waals surface area contributed by atoms with Gasteiger partial charge in [-0.1, -0.05) is 0 Å². The fourth-order valence-electron chi connectivity index (χ4n) is 1.93. The van der Waals surface area contributed by atoms with E-state index in [-0.39, 0.29) is 0 Å². The summed E-state index contributed by atoms with van der Waals surface area (Å²) in [6.45, 7) is 4.88. The molecule has 2 aromatic heterocycles. The average Bonchev–Trinajstić information content (AvgIpc) is 3.17. The number of nitrogens with one attached hydrogen (secondary N) is 2. The Hall–Kier alpha value is -0.900. The number of aromatic nitrogens is 2. The van der Waals surface area contributed by atoms with Crippen molar-refractivity contribution in [3.8, 4) is 11.4 Å². The van der Waals surface area contributed by atoms with Gasteiger partial charge in [0.05, 0.1) is 10.0 Å². The third-order valence-corrected chi connectivity index (χ3v) is 4.86. The minimum atomic E-state index is 0.671. The Morgan fingerprint density at radius 3 is 1.64 bits per heavy atom. The van der Waals surface area contributed by atoms with Crippen molar-refractivity contribution in [1.82, 2.24) is 20.6 Å². The van der Waals surface area contributed by atoms with Gasteiger partial charge in [-0.2, -0.15) is 0 Å². The summed E-state index contributed by atoms with van der Waals surface area (Å²) in [6.07, 6.45) is 1.87. The van der Waals surface area contributed by atoms with Gasteiger partial charge in [0.1, 0.15) is 11.4 Å². The number of rotatable bonds is 11. The molecule has 2 aromatic rings. The quantitative estimate of drug-likeness (QED) is 0.443. The van der Waals surface area contributed by atoms with Crippen LogP contribution < -0.4 is 22.1 Å². The first-order valence-corrected chi connectivity index (χ1v) is 9.30. The van der Waals surface area contributed by atoms with Gasteiger partial charge in [0.2, 0.25) is 0 Å². The monoisotopic (exact) mass is 340 g/mol. The van der Waals surface area contributed by atoms with Crippen LogP contribution in [0.15, 0.2) is 10.8 Å². The molecule has 0 radical (unpaired) electrons. The van der Waals surface area contributed by atoms with Gasteiger partial charge in [-0.15, -0.1) is 22.7 Å². The summed E-state index contributed by atoms with van der Waals surface area (Å²) in [5.74, 6) is 0. The van der Waals surface area contributed by atoms with E-state index in [0.717, 1.165) is 60.4 Å². The van der Waals surface area contributed by atoms with E-state index >= 15 is 0 Å². The average molecular weight is 341 g/mol. The van der Waals surface area contributed by atoms with E-state index < -0.39 is 0 Å². The van der Waals surface area contributed by atoms with Gasteiger partial charge in [-0.3, -0.25) is 0 Å².